The Bertz CT molecular complexity index is 926. The van der Waals surface area contributed by atoms with Crippen LogP contribution in [0.15, 0.2) is 36.7 Å². The molecule has 1 aromatic carbocycles. The molecule has 136 valence electrons. The van der Waals surface area contributed by atoms with Crippen molar-refractivity contribution in [3.8, 4) is 5.75 Å². The lowest BCUT2D eigenvalue weighted by Gasteiger charge is -2.09. The molecule has 0 radical (unpaired) electrons. The van der Waals surface area contributed by atoms with E-state index in [0.717, 1.165) is 22.6 Å². The third-order valence-corrected chi connectivity index (χ3v) is 4.11. The van der Waals surface area contributed by atoms with Gasteiger partial charge in [0.05, 0.1) is 5.69 Å². The number of carbonyl (C=O) groups excluding carboxylic acids is 1. The highest BCUT2D eigenvalue weighted by Gasteiger charge is 2.11. The van der Waals surface area contributed by atoms with Crippen LogP contribution in [0.25, 0.3) is 0 Å². The van der Waals surface area contributed by atoms with Crippen LogP contribution in [0, 0.1) is 20.8 Å². The minimum atomic E-state index is -0.224. The van der Waals surface area contributed by atoms with E-state index in [1.165, 1.54) is 5.56 Å². The number of hydrogen-bond donors (Lipinski definition) is 1. The normalized spacial score (nSPS) is 10.8. The van der Waals surface area contributed by atoms with Crippen LogP contribution in [0.2, 0.25) is 0 Å². The van der Waals surface area contributed by atoms with Crippen LogP contribution in [0.5, 0.6) is 5.75 Å². The molecule has 1 amide bonds. The van der Waals surface area contributed by atoms with Gasteiger partial charge in [0.1, 0.15) is 11.4 Å². The Balaban J connectivity index is 1.56. The molecule has 7 nitrogen and oxygen atoms in total. The lowest BCUT2D eigenvalue weighted by molar-refractivity contribution is 0.0943. The first-order valence-electron chi connectivity index (χ1n) is 8.43. The standard InChI is InChI=1S/C19H23N5O2/c1-13-5-6-18(14(2)9-13)26-12-24-8-7-17(22-24)19(25)20-10-16-11-23(4)21-15(16)3/h5-9,11H,10,12H2,1-4H3,(H,20,25). The van der Waals surface area contributed by atoms with Crippen molar-refractivity contribution in [2.75, 3.05) is 0 Å². The molecule has 0 atom stereocenters. The van der Waals surface area contributed by atoms with Gasteiger partial charge in [-0.2, -0.15) is 10.2 Å². The monoisotopic (exact) mass is 353 g/mol. The van der Waals surface area contributed by atoms with Crippen molar-refractivity contribution in [3.63, 3.8) is 0 Å². The lowest BCUT2D eigenvalue weighted by atomic mass is 10.1. The molecule has 0 aliphatic heterocycles. The molecule has 0 aliphatic rings. The zero-order valence-electron chi connectivity index (χ0n) is 15.5. The molecule has 0 saturated heterocycles. The second kappa shape index (κ2) is 7.43. The van der Waals surface area contributed by atoms with Crippen LogP contribution >= 0.6 is 0 Å². The second-order valence-electron chi connectivity index (χ2n) is 6.38. The largest absolute Gasteiger partial charge is 0.471 e. The van der Waals surface area contributed by atoms with E-state index < -0.39 is 0 Å². The maximum atomic E-state index is 12.3. The van der Waals surface area contributed by atoms with Gasteiger partial charge in [0.25, 0.3) is 5.91 Å². The van der Waals surface area contributed by atoms with Crippen LogP contribution in [0.3, 0.4) is 0 Å². The number of carbonyl (C=O) groups is 1. The zero-order valence-corrected chi connectivity index (χ0v) is 15.5. The SMILES string of the molecule is Cc1ccc(OCn2ccc(C(=O)NCc3cn(C)nc3C)n2)c(C)c1. The molecule has 0 bridgehead atoms. The molecule has 0 spiro atoms. The van der Waals surface area contributed by atoms with E-state index in [0.29, 0.717) is 12.2 Å². The van der Waals surface area contributed by atoms with Gasteiger partial charge in [0.2, 0.25) is 0 Å². The summed E-state index contributed by atoms with van der Waals surface area (Å²) in [5.74, 6) is 0.586. The minimum absolute atomic E-state index is 0.224. The second-order valence-corrected chi connectivity index (χ2v) is 6.38. The number of aryl methyl sites for hydroxylation is 4. The highest BCUT2D eigenvalue weighted by atomic mass is 16.5. The fraction of sp³-hybridized carbons (Fsp3) is 0.316. The van der Waals surface area contributed by atoms with Crippen molar-refractivity contribution in [2.24, 2.45) is 7.05 Å². The van der Waals surface area contributed by atoms with Crippen molar-refractivity contribution >= 4 is 5.91 Å². The minimum Gasteiger partial charge on any atom is -0.471 e. The van der Waals surface area contributed by atoms with E-state index in [4.69, 9.17) is 4.74 Å². The van der Waals surface area contributed by atoms with E-state index in [1.54, 1.807) is 21.6 Å². The van der Waals surface area contributed by atoms with Gasteiger partial charge < -0.3 is 10.1 Å². The number of ether oxygens (including phenoxy) is 1. The molecule has 0 saturated carbocycles. The predicted octanol–water partition coefficient (Wildman–Crippen LogP) is 2.51. The van der Waals surface area contributed by atoms with Crippen molar-refractivity contribution in [2.45, 2.75) is 34.0 Å². The summed E-state index contributed by atoms with van der Waals surface area (Å²) < 4.78 is 9.11. The fourth-order valence-corrected chi connectivity index (χ4v) is 2.74. The first-order valence-corrected chi connectivity index (χ1v) is 8.43. The third kappa shape index (κ3) is 4.11. The molecular weight excluding hydrogens is 330 g/mol. The van der Waals surface area contributed by atoms with Gasteiger partial charge in [0.15, 0.2) is 6.73 Å². The molecule has 2 heterocycles. The summed E-state index contributed by atoms with van der Waals surface area (Å²) in [6.07, 6.45) is 3.62. The summed E-state index contributed by atoms with van der Waals surface area (Å²) in [6.45, 7) is 6.64. The average Bonchev–Trinajstić information content (AvgIpc) is 3.18. The molecule has 26 heavy (non-hydrogen) atoms. The zero-order chi connectivity index (χ0) is 18.7. The molecule has 3 aromatic rings. The Morgan fingerprint density at radius 1 is 1.19 bits per heavy atom. The number of hydrogen-bond acceptors (Lipinski definition) is 4. The number of amides is 1. The van der Waals surface area contributed by atoms with E-state index in [-0.39, 0.29) is 12.6 Å². The van der Waals surface area contributed by atoms with Crippen LogP contribution in [0.1, 0.15) is 32.9 Å². The molecular formula is C19H23N5O2. The van der Waals surface area contributed by atoms with Crippen molar-refractivity contribution in [1.29, 1.82) is 0 Å². The van der Waals surface area contributed by atoms with Crippen LogP contribution in [0.4, 0.5) is 0 Å². The summed E-state index contributed by atoms with van der Waals surface area (Å²) in [6, 6.07) is 7.69. The van der Waals surface area contributed by atoms with Crippen molar-refractivity contribution < 1.29 is 9.53 Å². The summed E-state index contributed by atoms with van der Waals surface area (Å²) in [7, 11) is 1.86. The summed E-state index contributed by atoms with van der Waals surface area (Å²) in [5, 5.41) is 11.4. The first-order chi connectivity index (χ1) is 12.4. The third-order valence-electron chi connectivity index (χ3n) is 4.11. The molecule has 0 fully saturated rings. The van der Waals surface area contributed by atoms with Crippen molar-refractivity contribution in [1.82, 2.24) is 24.9 Å². The van der Waals surface area contributed by atoms with Crippen molar-refractivity contribution in [3.05, 3.63) is 64.7 Å². The highest BCUT2D eigenvalue weighted by Crippen LogP contribution is 2.19. The van der Waals surface area contributed by atoms with E-state index in [9.17, 15) is 4.79 Å². The number of nitrogens with one attached hydrogen (secondary N) is 1. The Morgan fingerprint density at radius 2 is 2.00 bits per heavy atom. The Hall–Kier alpha value is -3.09. The predicted molar refractivity (Wildman–Crippen MR) is 97.9 cm³/mol. The quantitative estimate of drug-likeness (QED) is 0.739. The molecule has 0 aliphatic carbocycles. The van der Waals surface area contributed by atoms with E-state index >= 15 is 0 Å². The number of rotatable bonds is 6. The van der Waals surface area contributed by atoms with Crippen LogP contribution in [-0.2, 0) is 20.3 Å². The van der Waals surface area contributed by atoms with Crippen LogP contribution < -0.4 is 10.1 Å². The van der Waals surface area contributed by atoms with Gasteiger partial charge in [-0.05, 0) is 38.5 Å². The van der Waals surface area contributed by atoms with Gasteiger partial charge in [-0.15, -0.1) is 0 Å². The maximum absolute atomic E-state index is 12.3. The maximum Gasteiger partial charge on any atom is 0.272 e. The van der Waals surface area contributed by atoms with Gasteiger partial charge in [-0.25, -0.2) is 4.68 Å². The van der Waals surface area contributed by atoms with E-state index in [1.807, 2.05) is 46.1 Å². The first kappa shape index (κ1) is 17.7. The molecule has 7 heteroatoms. The molecule has 1 N–H and O–H groups in total. The fourth-order valence-electron chi connectivity index (χ4n) is 2.74. The number of aromatic nitrogens is 4. The number of nitrogens with zero attached hydrogens (tertiary/aromatic N) is 4. The molecule has 0 unspecified atom stereocenters. The van der Waals surface area contributed by atoms with Gasteiger partial charge in [-0.1, -0.05) is 17.7 Å². The summed E-state index contributed by atoms with van der Waals surface area (Å²) >= 11 is 0. The van der Waals surface area contributed by atoms with Gasteiger partial charge in [0, 0.05) is 31.5 Å². The summed E-state index contributed by atoms with van der Waals surface area (Å²) in [4.78, 5) is 12.3. The smallest absolute Gasteiger partial charge is 0.272 e. The van der Waals surface area contributed by atoms with Gasteiger partial charge >= 0.3 is 0 Å². The van der Waals surface area contributed by atoms with Gasteiger partial charge in [-0.3, -0.25) is 9.48 Å². The Kier molecular flexibility index (Phi) is 5.06. The highest BCUT2D eigenvalue weighted by molar-refractivity contribution is 5.92. The van der Waals surface area contributed by atoms with E-state index in [2.05, 4.69) is 21.6 Å². The molecule has 3 rings (SSSR count). The Labute approximate surface area is 152 Å². The number of benzene rings is 1. The summed E-state index contributed by atoms with van der Waals surface area (Å²) in [5.41, 5.74) is 4.51. The lowest BCUT2D eigenvalue weighted by Crippen LogP contribution is -2.23. The topological polar surface area (TPSA) is 74.0 Å². The Morgan fingerprint density at radius 3 is 2.69 bits per heavy atom. The molecule has 2 aromatic heterocycles. The average molecular weight is 353 g/mol. The van der Waals surface area contributed by atoms with Crippen LogP contribution in [-0.4, -0.2) is 25.5 Å².